The van der Waals surface area contributed by atoms with Gasteiger partial charge < -0.3 is 24.8 Å². The fourth-order valence-electron chi connectivity index (χ4n) is 5.26. The summed E-state index contributed by atoms with van der Waals surface area (Å²) in [5.74, 6) is 0.512. The number of hydrogen-bond acceptors (Lipinski definition) is 4. The van der Waals surface area contributed by atoms with Crippen LogP contribution < -0.4 is 15.4 Å². The van der Waals surface area contributed by atoms with E-state index in [2.05, 4.69) is 67.0 Å². The van der Waals surface area contributed by atoms with Gasteiger partial charge in [-0.3, -0.25) is 9.78 Å². The van der Waals surface area contributed by atoms with Crippen molar-refractivity contribution in [2.75, 3.05) is 19.0 Å². The molecule has 2 aromatic carbocycles. The molecule has 0 radical (unpaired) electrons. The number of carbonyl (C=O) groups excluding carboxylic acids is 1. The number of para-hydroxylation sites is 3. The Morgan fingerprint density at radius 2 is 1.85 bits per heavy atom. The highest BCUT2D eigenvalue weighted by molar-refractivity contribution is 9.10. The van der Waals surface area contributed by atoms with Crippen molar-refractivity contribution in [2.45, 2.75) is 32.4 Å². The molecular formula is C30H30BrN5O2S. The maximum Gasteiger partial charge on any atom is 0.226 e. The molecular weight excluding hydrogens is 574 g/mol. The number of amides is 1. The van der Waals surface area contributed by atoms with E-state index in [-0.39, 0.29) is 24.4 Å². The average molecular weight is 605 g/mol. The zero-order chi connectivity index (χ0) is 27.5. The van der Waals surface area contributed by atoms with Crippen molar-refractivity contribution in [1.82, 2.24) is 19.8 Å². The van der Waals surface area contributed by atoms with Crippen molar-refractivity contribution in [1.29, 1.82) is 0 Å². The van der Waals surface area contributed by atoms with Crippen LogP contribution in [0.1, 0.15) is 41.1 Å². The predicted octanol–water partition coefficient (Wildman–Crippen LogP) is 6.26. The first-order valence-corrected chi connectivity index (χ1v) is 13.9. The first-order valence-electron chi connectivity index (χ1n) is 12.7. The summed E-state index contributed by atoms with van der Waals surface area (Å²) in [6.45, 7) is 4.68. The van der Waals surface area contributed by atoms with Crippen LogP contribution in [0, 0.1) is 13.8 Å². The molecule has 1 amide bonds. The van der Waals surface area contributed by atoms with E-state index in [1.54, 1.807) is 13.3 Å². The van der Waals surface area contributed by atoms with Gasteiger partial charge in [-0.1, -0.05) is 30.3 Å². The van der Waals surface area contributed by atoms with Gasteiger partial charge in [0.25, 0.3) is 0 Å². The van der Waals surface area contributed by atoms with Gasteiger partial charge in [-0.05, 0) is 90.0 Å². The summed E-state index contributed by atoms with van der Waals surface area (Å²) in [7, 11) is 1.59. The summed E-state index contributed by atoms with van der Waals surface area (Å²) in [5, 5.41) is 7.07. The van der Waals surface area contributed by atoms with Gasteiger partial charge >= 0.3 is 0 Å². The van der Waals surface area contributed by atoms with Gasteiger partial charge in [0.05, 0.1) is 36.3 Å². The Labute approximate surface area is 242 Å². The lowest BCUT2D eigenvalue weighted by Gasteiger charge is -2.28. The minimum atomic E-state index is -0.163. The monoisotopic (exact) mass is 603 g/mol. The number of nitrogens with zero attached hydrogens (tertiary/aromatic N) is 3. The second-order valence-corrected chi connectivity index (χ2v) is 10.7. The third-order valence-electron chi connectivity index (χ3n) is 7.04. The molecule has 2 aromatic heterocycles. The Kier molecular flexibility index (Phi) is 7.99. The van der Waals surface area contributed by atoms with Crippen LogP contribution in [0.3, 0.4) is 0 Å². The van der Waals surface area contributed by atoms with Crippen molar-refractivity contribution >= 4 is 44.9 Å². The van der Waals surface area contributed by atoms with E-state index in [1.165, 1.54) is 0 Å². The number of ether oxygens (including phenoxy) is 1. The molecule has 4 aromatic rings. The van der Waals surface area contributed by atoms with E-state index in [9.17, 15) is 4.79 Å². The number of thiocarbonyl (C=S) groups is 1. The largest absolute Gasteiger partial charge is 0.495 e. The van der Waals surface area contributed by atoms with Gasteiger partial charge in [0.1, 0.15) is 5.75 Å². The van der Waals surface area contributed by atoms with Gasteiger partial charge in [0.15, 0.2) is 5.11 Å². The number of carbonyl (C=O) groups is 1. The van der Waals surface area contributed by atoms with Gasteiger partial charge in [-0.25, -0.2) is 0 Å². The average Bonchev–Trinajstić information content (AvgIpc) is 3.42. The van der Waals surface area contributed by atoms with E-state index < -0.39 is 0 Å². The van der Waals surface area contributed by atoms with Gasteiger partial charge in [-0.2, -0.15) is 0 Å². The van der Waals surface area contributed by atoms with Gasteiger partial charge in [0.2, 0.25) is 5.91 Å². The van der Waals surface area contributed by atoms with Crippen LogP contribution in [0.2, 0.25) is 0 Å². The highest BCUT2D eigenvalue weighted by atomic mass is 79.9. The molecule has 7 nitrogen and oxygen atoms in total. The van der Waals surface area contributed by atoms with Crippen molar-refractivity contribution in [2.24, 2.45) is 0 Å². The smallest absolute Gasteiger partial charge is 0.226 e. The minimum absolute atomic E-state index is 0.110. The van der Waals surface area contributed by atoms with Crippen LogP contribution in [-0.2, 0) is 4.79 Å². The van der Waals surface area contributed by atoms with E-state index in [1.807, 2.05) is 60.7 Å². The maximum absolute atomic E-state index is 13.0. The Morgan fingerprint density at radius 3 is 2.59 bits per heavy atom. The quantitative estimate of drug-likeness (QED) is 0.232. The standard InChI is InChI=1S/C30H30BrN5O2S/c1-19-18-21(20(2)36(19)25-13-6-4-10-22(25)31)29-28(24-12-8-9-16-32-24)34-30(39)35(29)17-15-27(37)33-23-11-5-7-14-26(23)38-3/h4-14,16,18,28-29H,15,17H2,1-3H3,(H,33,37)(H,34,39). The van der Waals surface area contributed by atoms with Crippen molar-refractivity contribution in [3.8, 4) is 11.4 Å². The van der Waals surface area contributed by atoms with Gasteiger partial charge in [-0.15, -0.1) is 0 Å². The zero-order valence-electron chi connectivity index (χ0n) is 22.0. The van der Waals surface area contributed by atoms with E-state index in [0.717, 1.165) is 32.8 Å². The molecule has 0 bridgehead atoms. The Morgan fingerprint density at radius 1 is 1.10 bits per heavy atom. The van der Waals surface area contributed by atoms with E-state index in [0.29, 0.717) is 23.1 Å². The van der Waals surface area contributed by atoms with Gasteiger partial charge in [0, 0.05) is 35.0 Å². The second kappa shape index (κ2) is 11.6. The lowest BCUT2D eigenvalue weighted by atomic mass is 9.96. The number of aromatic nitrogens is 2. The summed E-state index contributed by atoms with van der Waals surface area (Å²) in [5.41, 5.74) is 5.98. The normalized spacial score (nSPS) is 16.7. The number of anilines is 1. The number of nitrogens with one attached hydrogen (secondary N) is 2. The Bertz CT molecular complexity index is 1510. The molecule has 1 aliphatic rings. The van der Waals surface area contributed by atoms with E-state index in [4.69, 9.17) is 17.0 Å². The summed E-state index contributed by atoms with van der Waals surface area (Å²) in [4.78, 5) is 19.8. The first-order chi connectivity index (χ1) is 18.9. The molecule has 200 valence electrons. The van der Waals surface area contributed by atoms with Crippen LogP contribution in [-0.4, -0.2) is 39.1 Å². The second-order valence-electron chi connectivity index (χ2n) is 9.43. The molecule has 1 saturated heterocycles. The molecule has 0 saturated carbocycles. The molecule has 3 heterocycles. The molecule has 9 heteroatoms. The Hall–Kier alpha value is -3.69. The van der Waals surface area contributed by atoms with E-state index >= 15 is 0 Å². The molecule has 2 N–H and O–H groups in total. The summed E-state index contributed by atoms with van der Waals surface area (Å²) in [6, 6.07) is 23.4. The summed E-state index contributed by atoms with van der Waals surface area (Å²) in [6.07, 6.45) is 2.05. The predicted molar refractivity (Wildman–Crippen MR) is 161 cm³/mol. The summed E-state index contributed by atoms with van der Waals surface area (Å²) >= 11 is 9.55. The molecule has 1 aliphatic heterocycles. The summed E-state index contributed by atoms with van der Waals surface area (Å²) < 4.78 is 8.65. The highest BCUT2D eigenvalue weighted by Gasteiger charge is 2.41. The van der Waals surface area contributed by atoms with Crippen LogP contribution in [0.5, 0.6) is 5.75 Å². The molecule has 5 rings (SSSR count). The number of aryl methyl sites for hydroxylation is 1. The zero-order valence-corrected chi connectivity index (χ0v) is 24.4. The number of methoxy groups -OCH3 is 1. The molecule has 39 heavy (non-hydrogen) atoms. The topological polar surface area (TPSA) is 71.4 Å². The van der Waals surface area contributed by atoms with Crippen molar-refractivity contribution in [3.63, 3.8) is 0 Å². The van der Waals surface area contributed by atoms with Crippen LogP contribution in [0.15, 0.2) is 83.5 Å². The fourth-order valence-corrected chi connectivity index (χ4v) is 6.05. The van der Waals surface area contributed by atoms with Crippen LogP contribution >= 0.6 is 28.1 Å². The number of benzene rings is 2. The number of hydrogen-bond donors (Lipinski definition) is 2. The van der Waals surface area contributed by atoms with Crippen molar-refractivity contribution in [3.05, 3.63) is 106 Å². The SMILES string of the molecule is COc1ccccc1NC(=O)CCN1C(=S)NC(c2ccccn2)C1c1cc(C)n(-c2ccccc2Br)c1C. The molecule has 0 spiro atoms. The third-order valence-corrected chi connectivity index (χ3v) is 8.06. The lowest BCUT2D eigenvalue weighted by Crippen LogP contribution is -2.33. The highest BCUT2D eigenvalue weighted by Crippen LogP contribution is 2.42. The lowest BCUT2D eigenvalue weighted by molar-refractivity contribution is -0.116. The molecule has 1 fully saturated rings. The maximum atomic E-state index is 13.0. The van der Waals surface area contributed by atoms with Crippen molar-refractivity contribution < 1.29 is 9.53 Å². The fraction of sp³-hybridized carbons (Fsp3) is 0.233. The first kappa shape index (κ1) is 26.9. The van der Waals surface area contributed by atoms with Crippen LogP contribution in [0.25, 0.3) is 5.69 Å². The number of rotatable bonds is 8. The molecule has 2 atom stereocenters. The third kappa shape index (κ3) is 5.42. The molecule has 2 unspecified atom stereocenters. The number of pyridine rings is 1. The number of halogens is 1. The molecule has 0 aliphatic carbocycles. The minimum Gasteiger partial charge on any atom is -0.495 e. The van der Waals surface area contributed by atoms with Crippen LogP contribution in [0.4, 0.5) is 5.69 Å². The Balaban J connectivity index is 1.47.